The van der Waals surface area contributed by atoms with E-state index in [1.165, 1.54) is 27.7 Å². The monoisotopic (exact) mass is 246 g/mol. The second kappa shape index (κ2) is 3.75. The second-order valence-electron chi connectivity index (χ2n) is 5.00. The third-order valence-corrected chi connectivity index (χ3v) is 3.59. The average molecular weight is 246 g/mol. The zero-order valence-corrected chi connectivity index (χ0v) is 10.7. The molecule has 0 radical (unpaired) electrons. The standard InChI is InChI=1S/C17H14N2/c1-13-9-16-17-10-15(14-5-3-2-4-6-14)12-19(17)8-7-18(16)11-13/h2-12H,1H3. The largest absolute Gasteiger partial charge is 0.320 e. The third-order valence-electron chi connectivity index (χ3n) is 3.59. The van der Waals surface area contributed by atoms with Crippen molar-refractivity contribution in [2.24, 2.45) is 0 Å². The van der Waals surface area contributed by atoms with Crippen molar-refractivity contribution >= 4 is 11.0 Å². The summed E-state index contributed by atoms with van der Waals surface area (Å²) in [7, 11) is 0. The Labute approximate surface area is 111 Å². The quantitative estimate of drug-likeness (QED) is 0.476. The molecule has 92 valence electrons. The first-order chi connectivity index (χ1) is 9.31. The molecule has 3 heterocycles. The van der Waals surface area contributed by atoms with Crippen LogP contribution in [0.25, 0.3) is 22.2 Å². The molecule has 0 atom stereocenters. The Morgan fingerprint density at radius 3 is 2.21 bits per heavy atom. The average Bonchev–Trinajstić information content (AvgIpc) is 3.01. The molecule has 0 aliphatic rings. The van der Waals surface area contributed by atoms with Gasteiger partial charge in [-0.3, -0.25) is 0 Å². The van der Waals surface area contributed by atoms with Crippen LogP contribution in [0.4, 0.5) is 0 Å². The molecule has 0 N–H and O–H groups in total. The van der Waals surface area contributed by atoms with E-state index in [-0.39, 0.29) is 0 Å². The fourth-order valence-corrected chi connectivity index (χ4v) is 2.69. The predicted octanol–water partition coefficient (Wildman–Crippen LogP) is 4.17. The second-order valence-corrected chi connectivity index (χ2v) is 5.00. The maximum absolute atomic E-state index is 2.25. The molecule has 3 aromatic heterocycles. The Balaban J connectivity index is 2.03. The van der Waals surface area contributed by atoms with Gasteiger partial charge in [0.2, 0.25) is 0 Å². The summed E-state index contributed by atoms with van der Waals surface area (Å²) in [6.45, 7) is 2.13. The molecule has 4 rings (SSSR count). The summed E-state index contributed by atoms with van der Waals surface area (Å²) in [4.78, 5) is 0. The molecule has 0 aliphatic carbocycles. The van der Waals surface area contributed by atoms with Gasteiger partial charge in [0.05, 0.1) is 11.0 Å². The summed E-state index contributed by atoms with van der Waals surface area (Å²) in [6.07, 6.45) is 8.55. The molecular formula is C17H14N2. The Hall–Kier alpha value is -2.48. The van der Waals surface area contributed by atoms with Crippen LogP contribution in [0.3, 0.4) is 0 Å². The van der Waals surface area contributed by atoms with Gasteiger partial charge in [-0.05, 0) is 30.2 Å². The van der Waals surface area contributed by atoms with E-state index in [4.69, 9.17) is 0 Å². The molecule has 4 aromatic rings. The van der Waals surface area contributed by atoms with E-state index in [0.717, 1.165) is 0 Å². The third kappa shape index (κ3) is 1.57. The molecule has 0 fully saturated rings. The van der Waals surface area contributed by atoms with Crippen molar-refractivity contribution in [3.8, 4) is 11.1 Å². The van der Waals surface area contributed by atoms with Crippen LogP contribution in [0.1, 0.15) is 5.56 Å². The van der Waals surface area contributed by atoms with Crippen LogP contribution in [0.15, 0.2) is 67.3 Å². The number of aryl methyl sites for hydroxylation is 1. The fourth-order valence-electron chi connectivity index (χ4n) is 2.69. The van der Waals surface area contributed by atoms with Crippen LogP contribution in [0.2, 0.25) is 0 Å². The number of aromatic nitrogens is 2. The molecule has 0 saturated heterocycles. The van der Waals surface area contributed by atoms with Gasteiger partial charge in [0.15, 0.2) is 0 Å². The smallest absolute Gasteiger partial charge is 0.0699 e. The molecule has 0 saturated carbocycles. The van der Waals surface area contributed by atoms with Gasteiger partial charge in [0, 0.05) is 30.4 Å². The number of hydrogen-bond donors (Lipinski definition) is 0. The van der Waals surface area contributed by atoms with Gasteiger partial charge in [-0.2, -0.15) is 0 Å². The lowest BCUT2D eigenvalue weighted by Crippen LogP contribution is -1.87. The highest BCUT2D eigenvalue weighted by Gasteiger charge is 2.06. The van der Waals surface area contributed by atoms with E-state index in [2.05, 4.69) is 76.9 Å². The van der Waals surface area contributed by atoms with Crippen molar-refractivity contribution in [1.29, 1.82) is 0 Å². The molecule has 0 unspecified atom stereocenters. The highest BCUT2D eigenvalue weighted by atomic mass is 15.0. The minimum absolute atomic E-state index is 1.24. The van der Waals surface area contributed by atoms with E-state index in [0.29, 0.717) is 0 Å². The van der Waals surface area contributed by atoms with Gasteiger partial charge in [0.1, 0.15) is 0 Å². The lowest BCUT2D eigenvalue weighted by molar-refractivity contribution is 1.10. The molecule has 2 nitrogen and oxygen atoms in total. The zero-order valence-electron chi connectivity index (χ0n) is 10.7. The van der Waals surface area contributed by atoms with E-state index < -0.39 is 0 Å². The Bertz CT molecular complexity index is 866. The summed E-state index contributed by atoms with van der Waals surface area (Å²) < 4.78 is 4.37. The minimum atomic E-state index is 1.24. The Morgan fingerprint density at radius 1 is 0.737 bits per heavy atom. The zero-order chi connectivity index (χ0) is 12.8. The van der Waals surface area contributed by atoms with E-state index >= 15 is 0 Å². The highest BCUT2D eigenvalue weighted by molar-refractivity contribution is 5.82. The fraction of sp³-hybridized carbons (Fsp3) is 0.0588. The van der Waals surface area contributed by atoms with Gasteiger partial charge in [-0.25, -0.2) is 0 Å². The first kappa shape index (κ1) is 10.4. The number of nitrogens with zero attached hydrogens (tertiary/aromatic N) is 2. The Kier molecular flexibility index (Phi) is 2.06. The van der Waals surface area contributed by atoms with Crippen molar-refractivity contribution < 1.29 is 0 Å². The predicted molar refractivity (Wildman–Crippen MR) is 78.5 cm³/mol. The van der Waals surface area contributed by atoms with Gasteiger partial charge in [0.25, 0.3) is 0 Å². The lowest BCUT2D eigenvalue weighted by atomic mass is 10.1. The van der Waals surface area contributed by atoms with Crippen LogP contribution in [-0.2, 0) is 0 Å². The van der Waals surface area contributed by atoms with Crippen LogP contribution >= 0.6 is 0 Å². The van der Waals surface area contributed by atoms with Crippen LogP contribution in [0.5, 0.6) is 0 Å². The molecule has 19 heavy (non-hydrogen) atoms. The van der Waals surface area contributed by atoms with Crippen molar-refractivity contribution in [2.75, 3.05) is 0 Å². The highest BCUT2D eigenvalue weighted by Crippen LogP contribution is 2.25. The summed E-state index contributed by atoms with van der Waals surface area (Å²) in [5.41, 5.74) is 6.30. The van der Waals surface area contributed by atoms with Gasteiger partial charge < -0.3 is 8.80 Å². The van der Waals surface area contributed by atoms with E-state index in [1.54, 1.807) is 0 Å². The van der Waals surface area contributed by atoms with Crippen molar-refractivity contribution in [2.45, 2.75) is 6.92 Å². The van der Waals surface area contributed by atoms with Crippen molar-refractivity contribution in [3.05, 3.63) is 72.8 Å². The van der Waals surface area contributed by atoms with Crippen LogP contribution < -0.4 is 0 Å². The number of rotatable bonds is 1. The van der Waals surface area contributed by atoms with Gasteiger partial charge in [-0.1, -0.05) is 30.3 Å². The Morgan fingerprint density at radius 2 is 1.42 bits per heavy atom. The lowest BCUT2D eigenvalue weighted by Gasteiger charge is -1.97. The molecule has 2 heteroatoms. The van der Waals surface area contributed by atoms with Gasteiger partial charge in [-0.15, -0.1) is 0 Å². The SMILES string of the molecule is Cc1cc2c3cc(-c4ccccc4)cn3ccn2c1. The summed E-state index contributed by atoms with van der Waals surface area (Å²) in [5, 5.41) is 0. The maximum atomic E-state index is 2.25. The van der Waals surface area contributed by atoms with Crippen molar-refractivity contribution in [3.63, 3.8) is 0 Å². The molecule has 1 aromatic carbocycles. The first-order valence-electron chi connectivity index (χ1n) is 6.46. The van der Waals surface area contributed by atoms with Crippen LogP contribution in [-0.4, -0.2) is 8.80 Å². The number of benzene rings is 1. The molecule has 0 bridgehead atoms. The van der Waals surface area contributed by atoms with Gasteiger partial charge >= 0.3 is 0 Å². The summed E-state index contributed by atoms with van der Waals surface area (Å²) in [6, 6.07) is 15.0. The molecule has 0 amide bonds. The summed E-state index contributed by atoms with van der Waals surface area (Å²) >= 11 is 0. The van der Waals surface area contributed by atoms with Crippen LogP contribution in [0, 0.1) is 6.92 Å². The van der Waals surface area contributed by atoms with Crippen molar-refractivity contribution in [1.82, 2.24) is 8.80 Å². The topological polar surface area (TPSA) is 8.82 Å². The number of fused-ring (bicyclic) bond motifs is 3. The molecule has 0 aliphatic heterocycles. The maximum Gasteiger partial charge on any atom is 0.0699 e. The minimum Gasteiger partial charge on any atom is -0.320 e. The van der Waals surface area contributed by atoms with E-state index in [1.807, 2.05) is 6.07 Å². The first-order valence-corrected chi connectivity index (χ1v) is 6.46. The number of hydrogen-bond acceptors (Lipinski definition) is 0. The normalized spacial score (nSPS) is 11.4. The summed E-state index contributed by atoms with van der Waals surface area (Å²) in [5.74, 6) is 0. The molecule has 0 spiro atoms. The molecular weight excluding hydrogens is 232 g/mol. The van der Waals surface area contributed by atoms with E-state index in [9.17, 15) is 0 Å².